The number of hydrogen-bond acceptors (Lipinski definition) is 7. The zero-order valence-electron chi connectivity index (χ0n) is 11.2. The standard InChI is InChI=1S/C12H14N6S2/c1-8-5-16-18(6-8)4-3-13-10-9-11(15-7-14-10)17-12(19-2)20-9/h5-7H,3-4H2,1-2H3,(H,13,14,15). The SMILES string of the molecule is CSc1nc2ncnc(NCCn3cc(C)cn3)c2s1. The number of anilines is 1. The summed E-state index contributed by atoms with van der Waals surface area (Å²) >= 11 is 3.24. The first-order chi connectivity index (χ1) is 9.76. The molecule has 0 spiro atoms. The van der Waals surface area contributed by atoms with Crippen molar-refractivity contribution >= 4 is 39.3 Å². The van der Waals surface area contributed by atoms with Crippen molar-refractivity contribution in [1.82, 2.24) is 24.7 Å². The molecule has 0 aliphatic rings. The average molecular weight is 306 g/mol. The third kappa shape index (κ3) is 2.75. The fraction of sp³-hybridized carbons (Fsp3) is 0.333. The number of rotatable bonds is 5. The number of thiazole rings is 1. The van der Waals surface area contributed by atoms with Gasteiger partial charge < -0.3 is 5.32 Å². The van der Waals surface area contributed by atoms with E-state index in [-0.39, 0.29) is 0 Å². The summed E-state index contributed by atoms with van der Waals surface area (Å²) in [7, 11) is 0. The molecule has 0 aromatic carbocycles. The maximum atomic E-state index is 4.43. The molecule has 3 rings (SSSR count). The van der Waals surface area contributed by atoms with Gasteiger partial charge in [-0.25, -0.2) is 15.0 Å². The number of thioether (sulfide) groups is 1. The van der Waals surface area contributed by atoms with Crippen molar-refractivity contribution in [2.45, 2.75) is 17.8 Å². The molecule has 0 saturated heterocycles. The Balaban J connectivity index is 1.72. The summed E-state index contributed by atoms with van der Waals surface area (Å²) in [5.41, 5.74) is 1.92. The van der Waals surface area contributed by atoms with E-state index < -0.39 is 0 Å². The molecule has 8 heteroatoms. The first kappa shape index (κ1) is 13.3. The van der Waals surface area contributed by atoms with Gasteiger partial charge in [0.25, 0.3) is 0 Å². The minimum Gasteiger partial charge on any atom is -0.367 e. The molecule has 0 amide bonds. The van der Waals surface area contributed by atoms with Crippen LogP contribution in [0.2, 0.25) is 0 Å². The highest BCUT2D eigenvalue weighted by molar-refractivity contribution is 8.00. The average Bonchev–Trinajstić information content (AvgIpc) is 3.05. The zero-order valence-corrected chi connectivity index (χ0v) is 12.8. The van der Waals surface area contributed by atoms with Crippen molar-refractivity contribution in [3.63, 3.8) is 0 Å². The monoisotopic (exact) mass is 306 g/mol. The van der Waals surface area contributed by atoms with Gasteiger partial charge in [-0.3, -0.25) is 4.68 Å². The maximum absolute atomic E-state index is 4.43. The fourth-order valence-electron chi connectivity index (χ4n) is 1.83. The molecule has 3 heterocycles. The number of nitrogens with one attached hydrogen (secondary N) is 1. The van der Waals surface area contributed by atoms with Gasteiger partial charge in [0.15, 0.2) is 9.99 Å². The first-order valence-corrected chi connectivity index (χ1v) is 8.19. The van der Waals surface area contributed by atoms with Crippen LogP contribution in [0, 0.1) is 6.92 Å². The molecule has 1 N–H and O–H groups in total. The van der Waals surface area contributed by atoms with Gasteiger partial charge in [0.2, 0.25) is 0 Å². The largest absolute Gasteiger partial charge is 0.367 e. The summed E-state index contributed by atoms with van der Waals surface area (Å²) in [4.78, 5) is 12.9. The number of nitrogens with zero attached hydrogens (tertiary/aromatic N) is 5. The van der Waals surface area contributed by atoms with Crippen LogP contribution in [-0.4, -0.2) is 37.5 Å². The van der Waals surface area contributed by atoms with E-state index in [9.17, 15) is 0 Å². The third-order valence-electron chi connectivity index (χ3n) is 2.74. The Morgan fingerprint density at radius 3 is 3.05 bits per heavy atom. The predicted molar refractivity (Wildman–Crippen MR) is 82.4 cm³/mol. The van der Waals surface area contributed by atoms with E-state index in [2.05, 4.69) is 25.4 Å². The highest BCUT2D eigenvalue weighted by Crippen LogP contribution is 2.30. The lowest BCUT2D eigenvalue weighted by Gasteiger charge is -2.05. The Morgan fingerprint density at radius 2 is 2.30 bits per heavy atom. The second-order valence-corrected chi connectivity index (χ2v) is 6.32. The molecule has 0 bridgehead atoms. The van der Waals surface area contributed by atoms with E-state index in [1.54, 1.807) is 29.4 Å². The summed E-state index contributed by atoms with van der Waals surface area (Å²) in [6.45, 7) is 3.60. The summed E-state index contributed by atoms with van der Waals surface area (Å²) in [6.07, 6.45) is 7.44. The van der Waals surface area contributed by atoms with Crippen molar-refractivity contribution < 1.29 is 0 Å². The normalized spacial score (nSPS) is 11.1. The summed E-state index contributed by atoms with van der Waals surface area (Å²) in [5, 5.41) is 7.59. The molecule has 3 aromatic rings. The molecule has 0 aliphatic heterocycles. The van der Waals surface area contributed by atoms with Crippen LogP contribution >= 0.6 is 23.1 Å². The van der Waals surface area contributed by atoms with Crippen LogP contribution in [0.4, 0.5) is 5.82 Å². The van der Waals surface area contributed by atoms with Gasteiger partial charge in [-0.15, -0.1) is 11.3 Å². The van der Waals surface area contributed by atoms with Crippen molar-refractivity contribution in [1.29, 1.82) is 0 Å². The maximum Gasteiger partial charge on any atom is 0.176 e. The zero-order chi connectivity index (χ0) is 13.9. The van der Waals surface area contributed by atoms with E-state index >= 15 is 0 Å². The van der Waals surface area contributed by atoms with Crippen LogP contribution in [0.15, 0.2) is 23.1 Å². The number of aromatic nitrogens is 5. The molecule has 20 heavy (non-hydrogen) atoms. The molecule has 6 nitrogen and oxygen atoms in total. The van der Waals surface area contributed by atoms with E-state index in [1.165, 1.54) is 5.56 Å². The van der Waals surface area contributed by atoms with Crippen LogP contribution in [0.1, 0.15) is 5.56 Å². The molecule has 0 aliphatic carbocycles. The topological polar surface area (TPSA) is 68.5 Å². The molecule has 3 aromatic heterocycles. The molecule has 104 valence electrons. The van der Waals surface area contributed by atoms with Crippen LogP contribution in [0.5, 0.6) is 0 Å². The Morgan fingerprint density at radius 1 is 1.40 bits per heavy atom. The molecular weight excluding hydrogens is 292 g/mol. The Hall–Kier alpha value is -1.67. The minimum atomic E-state index is 0.756. The highest BCUT2D eigenvalue weighted by atomic mass is 32.2. The lowest BCUT2D eigenvalue weighted by Crippen LogP contribution is -2.11. The lowest BCUT2D eigenvalue weighted by molar-refractivity contribution is 0.637. The van der Waals surface area contributed by atoms with Crippen molar-refractivity contribution in [2.75, 3.05) is 18.1 Å². The molecule has 0 saturated carbocycles. The van der Waals surface area contributed by atoms with E-state index in [1.807, 2.05) is 30.3 Å². The summed E-state index contributed by atoms with van der Waals surface area (Å²) in [5.74, 6) is 0.844. The minimum absolute atomic E-state index is 0.756. The first-order valence-electron chi connectivity index (χ1n) is 6.14. The smallest absolute Gasteiger partial charge is 0.176 e. The van der Waals surface area contributed by atoms with Gasteiger partial charge in [-0.05, 0) is 18.7 Å². The van der Waals surface area contributed by atoms with Gasteiger partial charge in [0.1, 0.15) is 16.8 Å². The highest BCUT2D eigenvalue weighted by Gasteiger charge is 2.09. The predicted octanol–water partition coefficient (Wildman–Crippen LogP) is 2.43. The van der Waals surface area contributed by atoms with Gasteiger partial charge in [-0.2, -0.15) is 5.10 Å². The number of fused-ring (bicyclic) bond motifs is 1. The van der Waals surface area contributed by atoms with E-state index in [4.69, 9.17) is 0 Å². The van der Waals surface area contributed by atoms with Crippen molar-refractivity contribution in [2.24, 2.45) is 0 Å². The molecule has 0 atom stereocenters. The van der Waals surface area contributed by atoms with Gasteiger partial charge >= 0.3 is 0 Å². The summed E-state index contributed by atoms with van der Waals surface area (Å²) in [6, 6.07) is 0. The second kappa shape index (κ2) is 5.76. The molecule has 0 fully saturated rings. The fourth-order valence-corrected chi connectivity index (χ4v) is 3.30. The van der Waals surface area contributed by atoms with Crippen LogP contribution in [0.3, 0.4) is 0 Å². The van der Waals surface area contributed by atoms with Crippen molar-refractivity contribution in [3.05, 3.63) is 24.3 Å². The van der Waals surface area contributed by atoms with Gasteiger partial charge in [0.05, 0.1) is 12.7 Å². The van der Waals surface area contributed by atoms with E-state index in [0.29, 0.717) is 0 Å². The Bertz CT molecular complexity index is 720. The number of aryl methyl sites for hydroxylation is 1. The molecule has 0 radical (unpaired) electrons. The van der Waals surface area contributed by atoms with Crippen LogP contribution in [0.25, 0.3) is 10.3 Å². The summed E-state index contributed by atoms with van der Waals surface area (Å²) < 4.78 is 3.93. The van der Waals surface area contributed by atoms with Crippen molar-refractivity contribution in [3.8, 4) is 0 Å². The van der Waals surface area contributed by atoms with E-state index in [0.717, 1.165) is 33.6 Å². The molecular formula is C12H14N6S2. The third-order valence-corrected chi connectivity index (χ3v) is 4.78. The van der Waals surface area contributed by atoms with Crippen LogP contribution in [-0.2, 0) is 6.54 Å². The second-order valence-electron chi connectivity index (χ2n) is 4.27. The Labute approximate surface area is 124 Å². The van der Waals surface area contributed by atoms with Crippen LogP contribution < -0.4 is 5.32 Å². The lowest BCUT2D eigenvalue weighted by atomic mass is 10.4. The van der Waals surface area contributed by atoms with Gasteiger partial charge in [0, 0.05) is 12.7 Å². The Kier molecular flexibility index (Phi) is 3.83. The molecule has 0 unspecified atom stereocenters. The quantitative estimate of drug-likeness (QED) is 0.730. The number of hydrogen-bond donors (Lipinski definition) is 1. The van der Waals surface area contributed by atoms with Gasteiger partial charge in [-0.1, -0.05) is 11.8 Å².